The van der Waals surface area contributed by atoms with Crippen LogP contribution in [0.5, 0.6) is 0 Å². The van der Waals surface area contributed by atoms with Crippen molar-refractivity contribution < 1.29 is 18.8 Å². The van der Waals surface area contributed by atoms with Gasteiger partial charge in [0.15, 0.2) is 5.58 Å². The fraction of sp³-hybridized carbons (Fsp3) is 0.111. The summed E-state index contributed by atoms with van der Waals surface area (Å²) in [5, 5.41) is 12.5. The van der Waals surface area contributed by atoms with Gasteiger partial charge in [0.2, 0.25) is 0 Å². The van der Waals surface area contributed by atoms with Crippen LogP contribution in [0.4, 0.5) is 4.39 Å². The van der Waals surface area contributed by atoms with E-state index in [1.807, 2.05) is 0 Å². The second kappa shape index (κ2) is 3.10. The van der Waals surface area contributed by atoms with Gasteiger partial charge in [-0.1, -0.05) is 5.16 Å². The van der Waals surface area contributed by atoms with E-state index < -0.39 is 11.8 Å². The molecule has 0 bridgehead atoms. The molecule has 4 nitrogen and oxygen atoms in total. The monoisotopic (exact) mass is 195 g/mol. The Hall–Kier alpha value is -1.91. The average Bonchev–Trinajstić information content (AvgIpc) is 2.47. The van der Waals surface area contributed by atoms with Crippen LogP contribution in [0.2, 0.25) is 0 Å². The predicted molar refractivity (Wildman–Crippen MR) is 45.3 cm³/mol. The summed E-state index contributed by atoms with van der Waals surface area (Å²) in [6.45, 7) is 0. The number of aromatic nitrogens is 1. The van der Waals surface area contributed by atoms with Crippen LogP contribution in [0.3, 0.4) is 0 Å². The van der Waals surface area contributed by atoms with Crippen LogP contribution >= 0.6 is 0 Å². The van der Waals surface area contributed by atoms with Gasteiger partial charge in [0.25, 0.3) is 0 Å². The summed E-state index contributed by atoms with van der Waals surface area (Å²) in [7, 11) is 0. The molecule has 1 N–H and O–H groups in total. The molecule has 1 aromatic heterocycles. The summed E-state index contributed by atoms with van der Waals surface area (Å²) in [4.78, 5) is 10.4. The molecule has 0 atom stereocenters. The van der Waals surface area contributed by atoms with E-state index in [0.29, 0.717) is 11.0 Å². The highest BCUT2D eigenvalue weighted by molar-refractivity contribution is 5.83. The number of nitrogens with zero attached hydrogens (tertiary/aromatic N) is 1. The lowest BCUT2D eigenvalue weighted by Crippen LogP contribution is -2.00. The molecule has 0 saturated carbocycles. The Kier molecular flexibility index (Phi) is 1.92. The lowest BCUT2D eigenvalue weighted by Gasteiger charge is -1.90. The molecule has 72 valence electrons. The summed E-state index contributed by atoms with van der Waals surface area (Å²) in [6, 6.07) is 3.87. The molecule has 0 aliphatic rings. The van der Waals surface area contributed by atoms with Crippen molar-refractivity contribution in [1.29, 1.82) is 0 Å². The third-order valence-corrected chi connectivity index (χ3v) is 1.83. The lowest BCUT2D eigenvalue weighted by atomic mass is 10.2. The fourth-order valence-electron chi connectivity index (χ4n) is 1.23. The molecule has 2 rings (SSSR count). The minimum absolute atomic E-state index is 0.243. The van der Waals surface area contributed by atoms with Crippen LogP contribution in [-0.4, -0.2) is 16.2 Å². The zero-order valence-electron chi connectivity index (χ0n) is 7.03. The Morgan fingerprint density at radius 3 is 3.07 bits per heavy atom. The van der Waals surface area contributed by atoms with Crippen LogP contribution in [0, 0.1) is 5.82 Å². The first kappa shape index (κ1) is 8.68. The van der Waals surface area contributed by atoms with E-state index in [0.717, 1.165) is 0 Å². The summed E-state index contributed by atoms with van der Waals surface area (Å²) in [5.41, 5.74) is 0.634. The third kappa shape index (κ3) is 1.44. The molecular weight excluding hydrogens is 189 g/mol. The van der Waals surface area contributed by atoms with Gasteiger partial charge in [-0.15, -0.1) is 0 Å². The van der Waals surface area contributed by atoms with Gasteiger partial charge in [0.05, 0.1) is 6.42 Å². The highest BCUT2D eigenvalue weighted by atomic mass is 19.1. The minimum Gasteiger partial charge on any atom is -0.481 e. The van der Waals surface area contributed by atoms with Crippen LogP contribution in [-0.2, 0) is 11.2 Å². The fourth-order valence-corrected chi connectivity index (χ4v) is 1.23. The number of carboxylic acids is 1. The van der Waals surface area contributed by atoms with Crippen molar-refractivity contribution >= 4 is 16.9 Å². The van der Waals surface area contributed by atoms with E-state index in [1.165, 1.54) is 18.2 Å². The van der Waals surface area contributed by atoms with Crippen LogP contribution in [0.15, 0.2) is 22.7 Å². The molecule has 0 saturated heterocycles. The maximum Gasteiger partial charge on any atom is 0.309 e. The molecule has 14 heavy (non-hydrogen) atoms. The summed E-state index contributed by atoms with van der Waals surface area (Å²) in [6.07, 6.45) is -0.267. The van der Waals surface area contributed by atoms with Gasteiger partial charge in [-0.05, 0) is 18.2 Å². The molecule has 0 spiro atoms. The molecule has 5 heteroatoms. The van der Waals surface area contributed by atoms with E-state index in [9.17, 15) is 9.18 Å². The normalized spacial score (nSPS) is 10.6. The third-order valence-electron chi connectivity index (χ3n) is 1.83. The second-order valence-corrected chi connectivity index (χ2v) is 2.84. The Bertz CT molecular complexity index is 492. The van der Waals surface area contributed by atoms with Crippen molar-refractivity contribution in [2.24, 2.45) is 0 Å². The number of halogens is 1. The highest BCUT2D eigenvalue weighted by Gasteiger charge is 2.11. The quantitative estimate of drug-likeness (QED) is 0.790. The predicted octanol–water partition coefficient (Wildman–Crippen LogP) is 1.59. The number of benzene rings is 1. The molecule has 1 heterocycles. The first-order valence-corrected chi connectivity index (χ1v) is 3.92. The van der Waals surface area contributed by atoms with E-state index in [-0.39, 0.29) is 12.1 Å². The molecule has 0 fully saturated rings. The van der Waals surface area contributed by atoms with Crippen molar-refractivity contribution in [2.45, 2.75) is 6.42 Å². The molecule has 0 amide bonds. The van der Waals surface area contributed by atoms with E-state index in [4.69, 9.17) is 9.63 Å². The van der Waals surface area contributed by atoms with E-state index in [2.05, 4.69) is 5.16 Å². The summed E-state index contributed by atoms with van der Waals surface area (Å²) < 4.78 is 17.6. The Labute approximate surface area is 77.9 Å². The Morgan fingerprint density at radius 1 is 1.57 bits per heavy atom. The van der Waals surface area contributed by atoms with Crippen LogP contribution < -0.4 is 0 Å². The number of aliphatic carboxylic acids is 1. The topological polar surface area (TPSA) is 63.3 Å². The van der Waals surface area contributed by atoms with Gasteiger partial charge in [-0.3, -0.25) is 4.79 Å². The maximum atomic E-state index is 12.8. The van der Waals surface area contributed by atoms with Crippen molar-refractivity contribution in [1.82, 2.24) is 5.16 Å². The lowest BCUT2D eigenvalue weighted by molar-refractivity contribution is -0.136. The minimum atomic E-state index is -1.02. The van der Waals surface area contributed by atoms with Gasteiger partial charge in [0.1, 0.15) is 11.5 Å². The Morgan fingerprint density at radius 2 is 2.36 bits per heavy atom. The van der Waals surface area contributed by atoms with Crippen molar-refractivity contribution in [3.63, 3.8) is 0 Å². The number of rotatable bonds is 2. The van der Waals surface area contributed by atoms with Gasteiger partial charge < -0.3 is 9.63 Å². The molecular formula is C9H6FNO3. The zero-order chi connectivity index (χ0) is 10.1. The number of carboxylic acid groups (broad SMARTS) is 1. The average molecular weight is 195 g/mol. The molecule has 1 aromatic carbocycles. The van der Waals surface area contributed by atoms with Crippen LogP contribution in [0.25, 0.3) is 11.0 Å². The van der Waals surface area contributed by atoms with Crippen molar-refractivity contribution in [2.75, 3.05) is 0 Å². The molecule has 2 aromatic rings. The summed E-state index contributed by atoms with van der Waals surface area (Å²) in [5.74, 6) is -1.46. The second-order valence-electron chi connectivity index (χ2n) is 2.84. The van der Waals surface area contributed by atoms with E-state index in [1.54, 1.807) is 0 Å². The smallest absolute Gasteiger partial charge is 0.309 e. The van der Waals surface area contributed by atoms with Crippen LogP contribution in [0.1, 0.15) is 5.69 Å². The van der Waals surface area contributed by atoms with Gasteiger partial charge in [0, 0.05) is 5.39 Å². The van der Waals surface area contributed by atoms with Crippen molar-refractivity contribution in [3.05, 3.63) is 29.7 Å². The number of carbonyl (C=O) groups is 1. The van der Waals surface area contributed by atoms with E-state index >= 15 is 0 Å². The molecule has 0 radical (unpaired) electrons. The number of hydrogen-bond acceptors (Lipinski definition) is 3. The first-order chi connectivity index (χ1) is 6.66. The highest BCUT2D eigenvalue weighted by Crippen LogP contribution is 2.19. The molecule has 0 aliphatic heterocycles. The summed E-state index contributed by atoms with van der Waals surface area (Å²) >= 11 is 0. The number of fused-ring (bicyclic) bond motifs is 1. The molecule has 0 aliphatic carbocycles. The maximum absolute atomic E-state index is 12.8. The SMILES string of the molecule is O=C(O)Cc1noc2ccc(F)cc12. The first-order valence-electron chi connectivity index (χ1n) is 3.92. The largest absolute Gasteiger partial charge is 0.481 e. The zero-order valence-corrected chi connectivity index (χ0v) is 7.03. The molecule has 0 unspecified atom stereocenters. The Balaban J connectivity index is 2.55. The number of hydrogen-bond donors (Lipinski definition) is 1. The van der Waals surface area contributed by atoms with Crippen molar-refractivity contribution in [3.8, 4) is 0 Å². The van der Waals surface area contributed by atoms with Gasteiger partial charge in [-0.2, -0.15) is 0 Å². The standard InChI is InChI=1S/C9H6FNO3/c10-5-1-2-8-6(3-5)7(11-14-8)4-9(12)13/h1-3H,4H2,(H,12,13). The van der Waals surface area contributed by atoms with Gasteiger partial charge in [-0.25, -0.2) is 4.39 Å². The van der Waals surface area contributed by atoms with Gasteiger partial charge >= 0.3 is 5.97 Å².